The van der Waals surface area contributed by atoms with E-state index in [1.54, 1.807) is 29.8 Å². The predicted octanol–water partition coefficient (Wildman–Crippen LogP) is 1.86. The lowest BCUT2D eigenvalue weighted by Crippen LogP contribution is -2.13. The maximum atomic E-state index is 11.8. The second kappa shape index (κ2) is 4.96. The van der Waals surface area contributed by atoms with Crippen molar-refractivity contribution in [2.75, 3.05) is 11.9 Å². The second-order valence-electron chi connectivity index (χ2n) is 4.79. The highest BCUT2D eigenvalue weighted by Crippen LogP contribution is 2.30. The minimum absolute atomic E-state index is 0.0338. The van der Waals surface area contributed by atoms with E-state index in [9.17, 15) is 9.59 Å². The molecule has 1 aliphatic carbocycles. The molecule has 3 rings (SSSR count). The van der Waals surface area contributed by atoms with Crippen LogP contribution in [0.1, 0.15) is 30.1 Å². The number of carbonyl (C=O) groups excluding carboxylic acids is 2. The van der Waals surface area contributed by atoms with Gasteiger partial charge in [-0.3, -0.25) is 4.79 Å². The summed E-state index contributed by atoms with van der Waals surface area (Å²) in [7, 11) is 0. The fraction of sp³-hybridized carbons (Fsp3) is 0.357. The molecule has 0 aromatic carbocycles. The number of nitrogens with zero attached hydrogens (tertiary/aromatic N) is 2. The molecule has 0 aliphatic heterocycles. The Morgan fingerprint density at radius 1 is 1.50 bits per heavy atom. The van der Waals surface area contributed by atoms with Crippen molar-refractivity contribution in [2.45, 2.75) is 19.8 Å². The van der Waals surface area contributed by atoms with E-state index >= 15 is 0 Å². The number of hydrogen-bond donors (Lipinski definition) is 1. The van der Waals surface area contributed by atoms with Crippen molar-refractivity contribution in [1.82, 2.24) is 9.61 Å². The molecule has 2 heterocycles. The third kappa shape index (κ3) is 2.36. The molecule has 0 spiro atoms. The summed E-state index contributed by atoms with van der Waals surface area (Å²) in [6.45, 7) is 2.07. The summed E-state index contributed by atoms with van der Waals surface area (Å²) >= 11 is 0. The van der Waals surface area contributed by atoms with Gasteiger partial charge >= 0.3 is 5.97 Å². The van der Waals surface area contributed by atoms with Crippen molar-refractivity contribution in [3.8, 4) is 0 Å². The summed E-state index contributed by atoms with van der Waals surface area (Å²) in [4.78, 5) is 23.6. The monoisotopic (exact) mass is 273 g/mol. The van der Waals surface area contributed by atoms with Crippen molar-refractivity contribution >= 4 is 23.1 Å². The molecule has 0 atom stereocenters. The Morgan fingerprint density at radius 3 is 3.00 bits per heavy atom. The Bertz CT molecular complexity index is 673. The minimum atomic E-state index is -0.409. The van der Waals surface area contributed by atoms with Gasteiger partial charge in [0.05, 0.1) is 18.3 Å². The Morgan fingerprint density at radius 2 is 2.30 bits per heavy atom. The van der Waals surface area contributed by atoms with Gasteiger partial charge in [0.25, 0.3) is 0 Å². The molecule has 1 aliphatic rings. The zero-order valence-corrected chi connectivity index (χ0v) is 11.1. The van der Waals surface area contributed by atoms with Crippen molar-refractivity contribution in [3.63, 3.8) is 0 Å². The molecular formula is C14H15N3O3. The minimum Gasteiger partial charge on any atom is -0.462 e. The van der Waals surface area contributed by atoms with Crippen LogP contribution >= 0.6 is 0 Å². The molecule has 6 nitrogen and oxygen atoms in total. The van der Waals surface area contributed by atoms with Crippen LogP contribution < -0.4 is 5.32 Å². The van der Waals surface area contributed by atoms with Gasteiger partial charge in [0.15, 0.2) is 0 Å². The Balaban J connectivity index is 1.89. The fourth-order valence-electron chi connectivity index (χ4n) is 2.01. The highest BCUT2D eigenvalue weighted by Gasteiger charge is 2.29. The number of esters is 1. The number of pyridine rings is 1. The van der Waals surface area contributed by atoms with Gasteiger partial charge in [-0.05, 0) is 31.9 Å². The molecule has 2 aromatic heterocycles. The average molecular weight is 273 g/mol. The maximum absolute atomic E-state index is 11.8. The number of nitrogens with one attached hydrogen (secondary N) is 1. The number of amides is 1. The molecule has 0 unspecified atom stereocenters. The van der Waals surface area contributed by atoms with E-state index in [0.717, 1.165) is 12.8 Å². The Labute approximate surface area is 115 Å². The van der Waals surface area contributed by atoms with Crippen LogP contribution in [0.2, 0.25) is 0 Å². The number of aromatic nitrogens is 2. The highest BCUT2D eigenvalue weighted by atomic mass is 16.5. The molecule has 1 saturated carbocycles. The molecule has 6 heteroatoms. The number of hydrogen-bond acceptors (Lipinski definition) is 4. The van der Waals surface area contributed by atoms with Gasteiger partial charge in [-0.1, -0.05) is 0 Å². The largest absolute Gasteiger partial charge is 0.462 e. The number of anilines is 1. The van der Waals surface area contributed by atoms with Crippen LogP contribution in [0.15, 0.2) is 24.5 Å². The van der Waals surface area contributed by atoms with Gasteiger partial charge in [0, 0.05) is 17.8 Å². The van der Waals surface area contributed by atoms with E-state index in [1.165, 1.54) is 6.20 Å². The topological polar surface area (TPSA) is 72.7 Å². The van der Waals surface area contributed by atoms with E-state index in [2.05, 4.69) is 10.4 Å². The molecule has 104 valence electrons. The van der Waals surface area contributed by atoms with E-state index < -0.39 is 5.97 Å². The lowest BCUT2D eigenvalue weighted by molar-refractivity contribution is -0.117. The second-order valence-corrected chi connectivity index (χ2v) is 4.79. The normalized spacial score (nSPS) is 14.2. The van der Waals surface area contributed by atoms with Crippen LogP contribution in [0.25, 0.3) is 5.52 Å². The van der Waals surface area contributed by atoms with Crippen LogP contribution in [-0.2, 0) is 9.53 Å². The molecule has 1 amide bonds. The summed E-state index contributed by atoms with van der Waals surface area (Å²) in [5.74, 6) is -0.236. The molecule has 0 radical (unpaired) electrons. The number of ether oxygens (including phenoxy) is 1. The van der Waals surface area contributed by atoms with E-state index in [-0.39, 0.29) is 11.8 Å². The van der Waals surface area contributed by atoms with Crippen molar-refractivity contribution < 1.29 is 14.3 Å². The molecule has 2 aromatic rings. The average Bonchev–Trinajstić information content (AvgIpc) is 3.19. The first-order valence-corrected chi connectivity index (χ1v) is 6.64. The first-order chi connectivity index (χ1) is 9.69. The van der Waals surface area contributed by atoms with Gasteiger partial charge in [0.1, 0.15) is 5.56 Å². The van der Waals surface area contributed by atoms with Crippen molar-refractivity contribution in [3.05, 3.63) is 30.1 Å². The van der Waals surface area contributed by atoms with E-state index in [1.807, 2.05) is 0 Å². The van der Waals surface area contributed by atoms with Gasteiger partial charge in [-0.25, -0.2) is 9.31 Å². The molecule has 1 fully saturated rings. The summed E-state index contributed by atoms with van der Waals surface area (Å²) in [6.07, 6.45) is 5.09. The number of carbonyl (C=O) groups is 2. The zero-order valence-electron chi connectivity index (χ0n) is 11.1. The predicted molar refractivity (Wildman–Crippen MR) is 72.5 cm³/mol. The standard InChI is InChI=1S/C14H15N3O3/c1-2-20-14(19)11-8-15-17-6-5-10(7-12(11)17)16-13(18)9-3-4-9/h5-9H,2-4H2,1H3,(H,16,18). The number of rotatable bonds is 4. The van der Waals surface area contributed by atoms with Gasteiger partial charge in [0.2, 0.25) is 5.91 Å². The van der Waals surface area contributed by atoms with Crippen LogP contribution in [-0.4, -0.2) is 28.1 Å². The smallest absolute Gasteiger partial charge is 0.341 e. The number of fused-ring (bicyclic) bond motifs is 1. The molecular weight excluding hydrogens is 258 g/mol. The van der Waals surface area contributed by atoms with Crippen LogP contribution in [0.3, 0.4) is 0 Å². The lowest BCUT2D eigenvalue weighted by Gasteiger charge is -2.05. The third-order valence-electron chi connectivity index (χ3n) is 3.23. The third-order valence-corrected chi connectivity index (χ3v) is 3.23. The van der Waals surface area contributed by atoms with Crippen molar-refractivity contribution in [1.29, 1.82) is 0 Å². The fourth-order valence-corrected chi connectivity index (χ4v) is 2.01. The summed E-state index contributed by atoms with van der Waals surface area (Å²) in [5.41, 5.74) is 1.69. The summed E-state index contributed by atoms with van der Waals surface area (Å²) < 4.78 is 6.57. The first kappa shape index (κ1) is 12.7. The maximum Gasteiger partial charge on any atom is 0.341 e. The SMILES string of the molecule is CCOC(=O)c1cnn2ccc(NC(=O)C3CC3)cc12. The quantitative estimate of drug-likeness (QED) is 0.863. The first-order valence-electron chi connectivity index (χ1n) is 6.64. The van der Waals surface area contributed by atoms with Crippen LogP contribution in [0.4, 0.5) is 5.69 Å². The molecule has 20 heavy (non-hydrogen) atoms. The molecule has 1 N–H and O–H groups in total. The summed E-state index contributed by atoms with van der Waals surface area (Å²) in [5, 5.41) is 6.94. The highest BCUT2D eigenvalue weighted by molar-refractivity contribution is 5.99. The van der Waals surface area contributed by atoms with Gasteiger partial charge in [-0.15, -0.1) is 0 Å². The molecule has 0 bridgehead atoms. The van der Waals surface area contributed by atoms with E-state index in [4.69, 9.17) is 4.74 Å². The van der Waals surface area contributed by atoms with Crippen molar-refractivity contribution in [2.24, 2.45) is 5.92 Å². The zero-order chi connectivity index (χ0) is 14.1. The van der Waals surface area contributed by atoms with E-state index in [0.29, 0.717) is 23.4 Å². The van der Waals surface area contributed by atoms with Crippen LogP contribution in [0.5, 0.6) is 0 Å². The van der Waals surface area contributed by atoms with Gasteiger partial charge in [-0.2, -0.15) is 5.10 Å². The van der Waals surface area contributed by atoms with Gasteiger partial charge < -0.3 is 10.1 Å². The van der Waals surface area contributed by atoms with Crippen LogP contribution in [0, 0.1) is 5.92 Å². The summed E-state index contributed by atoms with van der Waals surface area (Å²) in [6, 6.07) is 3.49. The Hall–Kier alpha value is -2.37. The lowest BCUT2D eigenvalue weighted by atomic mass is 10.2. The Kier molecular flexibility index (Phi) is 3.14. The molecule has 0 saturated heterocycles.